The minimum Gasteiger partial charge on any atom is -0.491 e. The highest BCUT2D eigenvalue weighted by molar-refractivity contribution is 5.46. The lowest BCUT2D eigenvalue weighted by molar-refractivity contribution is 0.0398. The first-order chi connectivity index (χ1) is 9.24. The molecule has 0 aromatic heterocycles. The van der Waals surface area contributed by atoms with Crippen LogP contribution in [0.25, 0.3) is 0 Å². The summed E-state index contributed by atoms with van der Waals surface area (Å²) in [7, 11) is 0. The molecule has 1 heterocycles. The molecule has 4 heteroatoms. The van der Waals surface area contributed by atoms with Crippen LogP contribution in [0.4, 0.5) is 5.69 Å². The molecule has 1 aromatic rings. The minimum absolute atomic E-state index is 0.222. The van der Waals surface area contributed by atoms with Crippen LogP contribution in [0.5, 0.6) is 5.75 Å². The fraction of sp³-hybridized carbons (Fsp3) is 0.600. The average Bonchev–Trinajstić information content (AvgIpc) is 2.41. The molecule has 0 saturated carbocycles. The summed E-state index contributed by atoms with van der Waals surface area (Å²) in [6, 6.07) is 8.15. The second-order valence-electron chi connectivity index (χ2n) is 5.07. The van der Waals surface area contributed by atoms with Gasteiger partial charge in [0.15, 0.2) is 0 Å². The van der Waals surface area contributed by atoms with Crippen LogP contribution >= 0.6 is 0 Å². The van der Waals surface area contributed by atoms with Crippen molar-refractivity contribution in [2.45, 2.75) is 20.0 Å². The Hall–Kier alpha value is -1.26. The van der Waals surface area contributed by atoms with E-state index in [0.29, 0.717) is 0 Å². The van der Waals surface area contributed by atoms with Crippen molar-refractivity contribution >= 4 is 5.69 Å². The van der Waals surface area contributed by atoms with Crippen molar-refractivity contribution in [1.82, 2.24) is 4.90 Å². The number of morpholine rings is 1. The zero-order valence-electron chi connectivity index (χ0n) is 11.9. The molecule has 1 aliphatic heterocycles. The minimum atomic E-state index is 0.222. The van der Waals surface area contributed by atoms with Gasteiger partial charge in [-0.25, -0.2) is 0 Å². The second-order valence-corrected chi connectivity index (χ2v) is 5.07. The summed E-state index contributed by atoms with van der Waals surface area (Å²) in [5.41, 5.74) is 1.14. The topological polar surface area (TPSA) is 33.7 Å². The molecule has 0 radical (unpaired) electrons. The zero-order valence-corrected chi connectivity index (χ0v) is 11.9. The number of nitrogens with zero attached hydrogens (tertiary/aromatic N) is 1. The largest absolute Gasteiger partial charge is 0.491 e. The average molecular weight is 264 g/mol. The van der Waals surface area contributed by atoms with Gasteiger partial charge in [-0.15, -0.1) is 0 Å². The van der Waals surface area contributed by atoms with Gasteiger partial charge in [0.05, 0.1) is 19.3 Å². The molecule has 1 fully saturated rings. The molecular weight excluding hydrogens is 240 g/mol. The van der Waals surface area contributed by atoms with E-state index in [1.807, 2.05) is 26.0 Å². The zero-order chi connectivity index (χ0) is 13.5. The van der Waals surface area contributed by atoms with Gasteiger partial charge in [0.1, 0.15) is 5.75 Å². The third-order valence-corrected chi connectivity index (χ3v) is 3.09. The third kappa shape index (κ3) is 5.09. The Morgan fingerprint density at radius 2 is 1.89 bits per heavy atom. The van der Waals surface area contributed by atoms with E-state index in [2.05, 4.69) is 22.3 Å². The lowest BCUT2D eigenvalue weighted by Crippen LogP contribution is -2.38. The van der Waals surface area contributed by atoms with Gasteiger partial charge in [0, 0.05) is 31.9 Å². The van der Waals surface area contributed by atoms with Crippen molar-refractivity contribution < 1.29 is 9.47 Å². The molecule has 1 aliphatic rings. The van der Waals surface area contributed by atoms with Gasteiger partial charge in [0.25, 0.3) is 0 Å². The third-order valence-electron chi connectivity index (χ3n) is 3.09. The number of hydrogen-bond acceptors (Lipinski definition) is 4. The van der Waals surface area contributed by atoms with E-state index in [1.54, 1.807) is 0 Å². The van der Waals surface area contributed by atoms with Crippen LogP contribution < -0.4 is 10.1 Å². The van der Waals surface area contributed by atoms with Crippen LogP contribution in [-0.2, 0) is 4.74 Å². The molecule has 106 valence electrons. The quantitative estimate of drug-likeness (QED) is 0.854. The van der Waals surface area contributed by atoms with E-state index in [4.69, 9.17) is 9.47 Å². The van der Waals surface area contributed by atoms with E-state index in [-0.39, 0.29) is 6.10 Å². The Labute approximate surface area is 115 Å². The molecule has 0 aliphatic carbocycles. The van der Waals surface area contributed by atoms with Crippen LogP contribution in [0.3, 0.4) is 0 Å². The highest BCUT2D eigenvalue weighted by atomic mass is 16.5. The molecule has 0 bridgehead atoms. The first-order valence-corrected chi connectivity index (χ1v) is 7.05. The first kappa shape index (κ1) is 14.2. The molecule has 0 unspecified atom stereocenters. The maximum absolute atomic E-state index is 5.62. The molecule has 1 saturated heterocycles. The van der Waals surface area contributed by atoms with Crippen LogP contribution in [-0.4, -0.2) is 50.4 Å². The Kier molecular flexibility index (Phi) is 5.48. The van der Waals surface area contributed by atoms with Crippen molar-refractivity contribution in [3.8, 4) is 5.75 Å². The number of rotatable bonds is 6. The number of ether oxygens (including phenoxy) is 2. The SMILES string of the molecule is CC(C)Oc1ccc(NCCN2CCOCC2)cc1. The van der Waals surface area contributed by atoms with Crippen molar-refractivity contribution in [1.29, 1.82) is 0 Å². The van der Waals surface area contributed by atoms with E-state index < -0.39 is 0 Å². The van der Waals surface area contributed by atoms with E-state index in [0.717, 1.165) is 50.8 Å². The summed E-state index contributed by atoms with van der Waals surface area (Å²) in [6.07, 6.45) is 0.222. The Balaban J connectivity index is 1.70. The Morgan fingerprint density at radius 1 is 1.21 bits per heavy atom. The van der Waals surface area contributed by atoms with E-state index >= 15 is 0 Å². The summed E-state index contributed by atoms with van der Waals surface area (Å²) in [6.45, 7) is 9.91. The first-order valence-electron chi connectivity index (χ1n) is 7.05. The van der Waals surface area contributed by atoms with Crippen molar-refractivity contribution in [3.63, 3.8) is 0 Å². The van der Waals surface area contributed by atoms with Crippen LogP contribution in [0, 0.1) is 0 Å². The van der Waals surface area contributed by atoms with Gasteiger partial charge in [-0.3, -0.25) is 4.90 Å². The number of hydrogen-bond donors (Lipinski definition) is 1. The monoisotopic (exact) mass is 264 g/mol. The maximum Gasteiger partial charge on any atom is 0.119 e. The molecule has 2 rings (SSSR count). The van der Waals surface area contributed by atoms with Crippen LogP contribution in [0.1, 0.15) is 13.8 Å². The van der Waals surface area contributed by atoms with Crippen LogP contribution in [0.2, 0.25) is 0 Å². The molecule has 1 aromatic carbocycles. The van der Waals surface area contributed by atoms with Gasteiger partial charge in [0.2, 0.25) is 0 Å². The molecular formula is C15H24N2O2. The van der Waals surface area contributed by atoms with Gasteiger partial charge < -0.3 is 14.8 Å². The number of anilines is 1. The summed E-state index contributed by atoms with van der Waals surface area (Å²) in [5.74, 6) is 0.925. The predicted molar refractivity (Wildman–Crippen MR) is 78.0 cm³/mol. The Bertz CT molecular complexity index is 359. The highest BCUT2D eigenvalue weighted by Crippen LogP contribution is 2.16. The smallest absolute Gasteiger partial charge is 0.119 e. The predicted octanol–water partition coefficient (Wildman–Crippen LogP) is 2.22. The fourth-order valence-corrected chi connectivity index (χ4v) is 2.11. The lowest BCUT2D eigenvalue weighted by Gasteiger charge is -2.26. The summed E-state index contributed by atoms with van der Waals surface area (Å²) in [4.78, 5) is 2.42. The number of benzene rings is 1. The van der Waals surface area contributed by atoms with Gasteiger partial charge in [-0.2, -0.15) is 0 Å². The van der Waals surface area contributed by atoms with Gasteiger partial charge in [-0.05, 0) is 38.1 Å². The molecule has 1 N–H and O–H groups in total. The molecule has 4 nitrogen and oxygen atoms in total. The van der Waals surface area contributed by atoms with E-state index in [1.165, 1.54) is 0 Å². The molecule has 0 atom stereocenters. The number of nitrogens with one attached hydrogen (secondary N) is 1. The van der Waals surface area contributed by atoms with Gasteiger partial charge >= 0.3 is 0 Å². The second kappa shape index (κ2) is 7.36. The van der Waals surface area contributed by atoms with Crippen molar-refractivity contribution in [2.24, 2.45) is 0 Å². The standard InChI is InChI=1S/C15H24N2O2/c1-13(2)19-15-5-3-14(4-6-15)16-7-8-17-9-11-18-12-10-17/h3-6,13,16H,7-12H2,1-2H3. The maximum atomic E-state index is 5.62. The van der Waals surface area contributed by atoms with E-state index in [9.17, 15) is 0 Å². The molecule has 0 spiro atoms. The normalized spacial score (nSPS) is 16.6. The van der Waals surface area contributed by atoms with Crippen LogP contribution in [0.15, 0.2) is 24.3 Å². The van der Waals surface area contributed by atoms with Gasteiger partial charge in [-0.1, -0.05) is 0 Å². The summed E-state index contributed by atoms with van der Waals surface area (Å²) < 4.78 is 11.0. The molecule has 0 amide bonds. The lowest BCUT2D eigenvalue weighted by atomic mass is 10.3. The van der Waals surface area contributed by atoms with Crippen molar-refractivity contribution in [3.05, 3.63) is 24.3 Å². The van der Waals surface area contributed by atoms with Crippen molar-refractivity contribution in [2.75, 3.05) is 44.7 Å². The fourth-order valence-electron chi connectivity index (χ4n) is 2.11. The summed E-state index contributed by atoms with van der Waals surface area (Å²) in [5, 5.41) is 3.43. The summed E-state index contributed by atoms with van der Waals surface area (Å²) >= 11 is 0. The Morgan fingerprint density at radius 3 is 2.53 bits per heavy atom. The molecule has 19 heavy (non-hydrogen) atoms. The highest BCUT2D eigenvalue weighted by Gasteiger charge is 2.09.